The van der Waals surface area contributed by atoms with Gasteiger partial charge in [0.25, 0.3) is 0 Å². The Morgan fingerprint density at radius 2 is 2.26 bits per heavy atom. The van der Waals surface area contributed by atoms with Crippen molar-refractivity contribution in [2.45, 2.75) is 13.5 Å². The Morgan fingerprint density at radius 1 is 1.47 bits per heavy atom. The minimum absolute atomic E-state index is 0.208. The number of aromatic nitrogens is 2. The molecule has 0 amide bonds. The maximum atomic E-state index is 6.15. The lowest BCUT2D eigenvalue weighted by atomic mass is 10.2. The molecule has 1 aromatic heterocycles. The summed E-state index contributed by atoms with van der Waals surface area (Å²) in [7, 11) is 0. The maximum absolute atomic E-state index is 6.15. The van der Waals surface area contributed by atoms with Gasteiger partial charge in [-0.1, -0.05) is 11.6 Å². The molecule has 1 aromatic carbocycles. The molecule has 19 heavy (non-hydrogen) atoms. The molecule has 2 heterocycles. The summed E-state index contributed by atoms with van der Waals surface area (Å²) in [6.45, 7) is 2.69. The number of hydrogen-bond acceptors (Lipinski definition) is 4. The molecule has 1 aliphatic rings. The second-order valence-corrected chi connectivity index (χ2v) is 5.74. The number of nitrogen functional groups attached to an aromatic ring is 1. The van der Waals surface area contributed by atoms with E-state index >= 15 is 0 Å². The molecule has 0 aliphatic carbocycles. The third-order valence-electron chi connectivity index (χ3n) is 2.91. The first-order valence-corrected chi connectivity index (χ1v) is 7.08. The number of aryl methyl sites for hydroxylation is 1. The Hall–Kier alpha value is -1.15. The van der Waals surface area contributed by atoms with Gasteiger partial charge in [0, 0.05) is 0 Å². The largest absolute Gasteiger partial charge is 0.454 e. The summed E-state index contributed by atoms with van der Waals surface area (Å²) in [4.78, 5) is 0. The molecule has 0 bridgehead atoms. The molecule has 0 saturated carbocycles. The second-order valence-electron chi connectivity index (χ2n) is 4.25. The van der Waals surface area contributed by atoms with Crippen LogP contribution < -0.4 is 15.2 Å². The number of rotatable bonds is 2. The van der Waals surface area contributed by atoms with E-state index in [-0.39, 0.29) is 6.79 Å². The average molecular weight is 392 g/mol. The standard InChI is InChI=1S/C12H11ClIN3O2/c1-6-10(14)12(15)17(16-6)4-7-2-8(13)11-9(3-7)18-5-19-11/h2-3H,4-5,15H2,1H3. The number of anilines is 1. The molecule has 3 rings (SSSR count). The van der Waals surface area contributed by atoms with Crippen molar-refractivity contribution in [1.29, 1.82) is 0 Å². The first-order valence-electron chi connectivity index (χ1n) is 5.62. The molecule has 5 nitrogen and oxygen atoms in total. The van der Waals surface area contributed by atoms with Crippen LogP contribution in [-0.2, 0) is 6.54 Å². The lowest BCUT2D eigenvalue weighted by Gasteiger charge is -2.07. The Labute approximate surface area is 128 Å². The van der Waals surface area contributed by atoms with Crippen molar-refractivity contribution < 1.29 is 9.47 Å². The highest BCUT2D eigenvalue weighted by Crippen LogP contribution is 2.40. The predicted octanol–water partition coefficient (Wildman–Crippen LogP) is 2.81. The lowest BCUT2D eigenvalue weighted by molar-refractivity contribution is 0.174. The highest BCUT2D eigenvalue weighted by atomic mass is 127. The molecule has 2 aromatic rings. The van der Waals surface area contributed by atoms with Crippen LogP contribution in [0.5, 0.6) is 11.5 Å². The smallest absolute Gasteiger partial charge is 0.231 e. The van der Waals surface area contributed by atoms with Gasteiger partial charge in [0.2, 0.25) is 6.79 Å². The highest BCUT2D eigenvalue weighted by Gasteiger charge is 2.19. The van der Waals surface area contributed by atoms with E-state index < -0.39 is 0 Å². The van der Waals surface area contributed by atoms with Gasteiger partial charge in [0.05, 0.1) is 20.8 Å². The average Bonchev–Trinajstić information content (AvgIpc) is 2.92. The number of nitrogens with zero attached hydrogens (tertiary/aromatic N) is 2. The van der Waals surface area contributed by atoms with Crippen molar-refractivity contribution in [3.63, 3.8) is 0 Å². The number of benzene rings is 1. The molecule has 2 N–H and O–H groups in total. The van der Waals surface area contributed by atoms with Gasteiger partial charge in [-0.25, -0.2) is 4.68 Å². The van der Waals surface area contributed by atoms with Crippen molar-refractivity contribution in [3.05, 3.63) is 32.0 Å². The summed E-state index contributed by atoms with van der Waals surface area (Å²) < 4.78 is 13.4. The molecule has 0 unspecified atom stereocenters. The highest BCUT2D eigenvalue weighted by molar-refractivity contribution is 14.1. The Morgan fingerprint density at radius 3 is 2.95 bits per heavy atom. The molecular formula is C12H11ClIN3O2. The summed E-state index contributed by atoms with van der Waals surface area (Å²) in [6.07, 6.45) is 0. The van der Waals surface area contributed by atoms with Gasteiger partial charge in [-0.3, -0.25) is 0 Å². The summed E-state index contributed by atoms with van der Waals surface area (Å²) in [6, 6.07) is 3.75. The Kier molecular flexibility index (Phi) is 3.22. The van der Waals surface area contributed by atoms with Gasteiger partial charge < -0.3 is 15.2 Å². The van der Waals surface area contributed by atoms with E-state index in [1.54, 1.807) is 4.68 Å². The summed E-state index contributed by atoms with van der Waals surface area (Å²) in [5, 5.41) is 4.94. The van der Waals surface area contributed by atoms with Crippen LogP contribution in [0.3, 0.4) is 0 Å². The first kappa shape index (κ1) is 12.9. The SMILES string of the molecule is Cc1nn(Cc2cc(Cl)c3c(c2)OCO3)c(N)c1I. The molecule has 7 heteroatoms. The molecule has 100 valence electrons. The van der Waals surface area contributed by atoms with Crippen LogP contribution in [-0.4, -0.2) is 16.6 Å². The number of halogens is 2. The molecular weight excluding hydrogens is 381 g/mol. The number of ether oxygens (including phenoxy) is 2. The van der Waals surface area contributed by atoms with E-state index in [4.69, 9.17) is 26.8 Å². The van der Waals surface area contributed by atoms with Crippen molar-refractivity contribution in [2.75, 3.05) is 12.5 Å². The summed E-state index contributed by atoms with van der Waals surface area (Å²) >= 11 is 8.34. The van der Waals surface area contributed by atoms with Crippen LogP contribution in [0.1, 0.15) is 11.3 Å². The molecule has 0 saturated heterocycles. The van der Waals surface area contributed by atoms with Crippen LogP contribution in [0, 0.1) is 10.5 Å². The van der Waals surface area contributed by atoms with Crippen molar-refractivity contribution in [2.24, 2.45) is 0 Å². The lowest BCUT2D eigenvalue weighted by Crippen LogP contribution is -2.06. The second kappa shape index (κ2) is 4.75. The van der Waals surface area contributed by atoms with E-state index in [2.05, 4.69) is 27.7 Å². The van der Waals surface area contributed by atoms with E-state index in [0.717, 1.165) is 14.8 Å². The van der Waals surface area contributed by atoms with Gasteiger partial charge in [0.1, 0.15) is 5.82 Å². The van der Waals surface area contributed by atoms with Crippen molar-refractivity contribution in [3.8, 4) is 11.5 Å². The first-order chi connectivity index (χ1) is 9.06. The number of hydrogen-bond donors (Lipinski definition) is 1. The fourth-order valence-corrected chi connectivity index (χ4v) is 2.66. The zero-order valence-electron chi connectivity index (χ0n) is 10.1. The molecule has 0 atom stereocenters. The van der Waals surface area contributed by atoms with E-state index in [1.807, 2.05) is 19.1 Å². The number of nitrogens with two attached hydrogens (primary N) is 1. The van der Waals surface area contributed by atoms with E-state index in [0.29, 0.717) is 28.9 Å². The summed E-state index contributed by atoms with van der Waals surface area (Å²) in [5.41, 5.74) is 7.90. The van der Waals surface area contributed by atoms with Crippen LogP contribution in [0.2, 0.25) is 5.02 Å². The molecule has 0 radical (unpaired) electrons. The Balaban J connectivity index is 1.95. The minimum atomic E-state index is 0.208. The zero-order valence-corrected chi connectivity index (χ0v) is 13.0. The van der Waals surface area contributed by atoms with Crippen LogP contribution >= 0.6 is 34.2 Å². The predicted molar refractivity (Wildman–Crippen MR) is 80.8 cm³/mol. The van der Waals surface area contributed by atoms with E-state index in [9.17, 15) is 0 Å². The molecule has 1 aliphatic heterocycles. The minimum Gasteiger partial charge on any atom is -0.454 e. The summed E-state index contributed by atoms with van der Waals surface area (Å²) in [5.74, 6) is 1.93. The third kappa shape index (κ3) is 2.23. The van der Waals surface area contributed by atoms with Crippen LogP contribution in [0.25, 0.3) is 0 Å². The fraction of sp³-hybridized carbons (Fsp3) is 0.250. The quantitative estimate of drug-likeness (QED) is 0.800. The fourth-order valence-electron chi connectivity index (χ4n) is 1.98. The molecule has 0 fully saturated rings. The van der Waals surface area contributed by atoms with E-state index in [1.165, 1.54) is 0 Å². The zero-order chi connectivity index (χ0) is 13.6. The normalized spacial score (nSPS) is 13.0. The molecule has 0 spiro atoms. The van der Waals surface area contributed by atoms with Crippen molar-refractivity contribution >= 4 is 40.0 Å². The topological polar surface area (TPSA) is 62.3 Å². The van der Waals surface area contributed by atoms with Gasteiger partial charge in [0.15, 0.2) is 11.5 Å². The van der Waals surface area contributed by atoms with Gasteiger partial charge in [-0.2, -0.15) is 5.10 Å². The van der Waals surface area contributed by atoms with Gasteiger partial charge >= 0.3 is 0 Å². The van der Waals surface area contributed by atoms with Gasteiger partial charge in [-0.05, 0) is 47.2 Å². The monoisotopic (exact) mass is 391 g/mol. The number of fused-ring (bicyclic) bond motifs is 1. The van der Waals surface area contributed by atoms with Crippen molar-refractivity contribution in [1.82, 2.24) is 9.78 Å². The maximum Gasteiger partial charge on any atom is 0.231 e. The van der Waals surface area contributed by atoms with Gasteiger partial charge in [-0.15, -0.1) is 0 Å². The van der Waals surface area contributed by atoms with Crippen LogP contribution in [0.4, 0.5) is 5.82 Å². The Bertz CT molecular complexity index is 657. The van der Waals surface area contributed by atoms with Crippen LogP contribution in [0.15, 0.2) is 12.1 Å². The third-order valence-corrected chi connectivity index (χ3v) is 4.52.